The van der Waals surface area contributed by atoms with Crippen LogP contribution in [0.3, 0.4) is 0 Å². The Labute approximate surface area is 107 Å². The third-order valence-electron chi connectivity index (χ3n) is 2.58. The second kappa shape index (κ2) is 6.72. The molecule has 1 aromatic rings. The van der Waals surface area contributed by atoms with Crippen molar-refractivity contribution in [2.45, 2.75) is 13.0 Å². The number of rotatable bonds is 6. The zero-order valence-electron chi connectivity index (χ0n) is 11.1. The van der Waals surface area contributed by atoms with Crippen LogP contribution in [-0.2, 0) is 0 Å². The molecule has 0 aliphatic heterocycles. The summed E-state index contributed by atoms with van der Waals surface area (Å²) in [6.45, 7) is 2.63. The van der Waals surface area contributed by atoms with Crippen LogP contribution in [0.4, 0.5) is 0 Å². The van der Waals surface area contributed by atoms with Crippen molar-refractivity contribution < 1.29 is 14.2 Å². The van der Waals surface area contributed by atoms with E-state index in [-0.39, 0.29) is 0 Å². The lowest BCUT2D eigenvalue weighted by Gasteiger charge is -2.18. The summed E-state index contributed by atoms with van der Waals surface area (Å²) in [6, 6.07) is 5.32. The van der Waals surface area contributed by atoms with Gasteiger partial charge in [0, 0.05) is 5.56 Å². The molecule has 5 nitrogen and oxygen atoms in total. The Balaban J connectivity index is 3.32. The molecule has 1 rings (SSSR count). The van der Waals surface area contributed by atoms with Gasteiger partial charge in [0.2, 0.25) is 5.75 Å². The molecule has 0 amide bonds. The third kappa shape index (κ3) is 2.66. The van der Waals surface area contributed by atoms with Crippen molar-refractivity contribution in [2.75, 3.05) is 27.9 Å². The normalized spacial score (nSPS) is 11.5. The number of nitrogens with one attached hydrogen (secondary N) is 1. The molecule has 0 radical (unpaired) electrons. The summed E-state index contributed by atoms with van der Waals surface area (Å²) in [5.41, 5.74) is 0.736. The van der Waals surface area contributed by atoms with Gasteiger partial charge in [-0.1, -0.05) is 6.92 Å². The van der Waals surface area contributed by atoms with E-state index in [9.17, 15) is 5.26 Å². The van der Waals surface area contributed by atoms with Crippen LogP contribution >= 0.6 is 0 Å². The Kier molecular flexibility index (Phi) is 5.28. The molecule has 5 heteroatoms. The highest BCUT2D eigenvalue weighted by atomic mass is 16.5. The summed E-state index contributed by atoms with van der Waals surface area (Å²) in [5, 5.41) is 12.3. The van der Waals surface area contributed by atoms with E-state index >= 15 is 0 Å². The SMILES string of the molecule is CCNC(C#N)c1ccc(OC)c(OC)c1OC. The molecule has 1 atom stereocenters. The van der Waals surface area contributed by atoms with Crippen LogP contribution in [0.25, 0.3) is 0 Å². The van der Waals surface area contributed by atoms with Crippen LogP contribution in [-0.4, -0.2) is 27.9 Å². The van der Waals surface area contributed by atoms with E-state index < -0.39 is 6.04 Å². The molecule has 0 aliphatic rings. The maximum Gasteiger partial charge on any atom is 0.203 e. The zero-order valence-corrected chi connectivity index (χ0v) is 11.1. The highest BCUT2D eigenvalue weighted by Gasteiger charge is 2.21. The van der Waals surface area contributed by atoms with Gasteiger partial charge in [0.25, 0.3) is 0 Å². The van der Waals surface area contributed by atoms with Gasteiger partial charge in [-0.15, -0.1) is 0 Å². The Morgan fingerprint density at radius 2 is 1.83 bits per heavy atom. The van der Waals surface area contributed by atoms with Crippen LogP contribution in [0.15, 0.2) is 12.1 Å². The van der Waals surface area contributed by atoms with Crippen LogP contribution in [0.2, 0.25) is 0 Å². The fourth-order valence-electron chi connectivity index (χ4n) is 1.78. The van der Waals surface area contributed by atoms with Crippen molar-refractivity contribution in [3.8, 4) is 23.3 Å². The van der Waals surface area contributed by atoms with E-state index in [1.54, 1.807) is 33.5 Å². The number of hydrogen-bond acceptors (Lipinski definition) is 5. The Morgan fingerprint density at radius 3 is 2.28 bits per heavy atom. The predicted octanol–water partition coefficient (Wildman–Crippen LogP) is 1.89. The largest absolute Gasteiger partial charge is 0.493 e. The first-order valence-corrected chi connectivity index (χ1v) is 5.65. The summed E-state index contributed by atoms with van der Waals surface area (Å²) in [7, 11) is 4.64. The molecule has 0 aromatic heterocycles. The number of nitriles is 1. The fourth-order valence-corrected chi connectivity index (χ4v) is 1.78. The molecule has 98 valence electrons. The molecule has 1 unspecified atom stereocenters. The summed E-state index contributed by atoms with van der Waals surface area (Å²) in [5.74, 6) is 1.59. The van der Waals surface area contributed by atoms with Crippen LogP contribution in [0.1, 0.15) is 18.5 Å². The maximum atomic E-state index is 9.18. The van der Waals surface area contributed by atoms with E-state index in [1.807, 2.05) is 6.92 Å². The van der Waals surface area contributed by atoms with E-state index in [2.05, 4.69) is 11.4 Å². The molecule has 0 spiro atoms. The van der Waals surface area contributed by atoms with Gasteiger partial charge in [-0.2, -0.15) is 5.26 Å². The van der Waals surface area contributed by atoms with Crippen molar-refractivity contribution in [1.82, 2.24) is 5.32 Å². The van der Waals surface area contributed by atoms with E-state index in [1.165, 1.54) is 0 Å². The maximum absolute atomic E-state index is 9.18. The Morgan fingerprint density at radius 1 is 1.17 bits per heavy atom. The standard InChI is InChI=1S/C13H18N2O3/c1-5-15-10(8-14)9-6-7-11(16-2)13(18-4)12(9)17-3/h6-7,10,15H,5H2,1-4H3. The van der Waals surface area contributed by atoms with Crippen molar-refractivity contribution in [1.29, 1.82) is 5.26 Å². The molecular formula is C13H18N2O3. The van der Waals surface area contributed by atoms with Gasteiger partial charge in [0.15, 0.2) is 11.5 Å². The highest BCUT2D eigenvalue weighted by molar-refractivity contribution is 5.57. The minimum absolute atomic E-state index is 0.440. The number of hydrogen-bond donors (Lipinski definition) is 1. The van der Waals surface area contributed by atoms with Gasteiger partial charge in [0.05, 0.1) is 27.4 Å². The topological polar surface area (TPSA) is 63.5 Å². The lowest BCUT2D eigenvalue weighted by atomic mass is 10.1. The molecule has 0 heterocycles. The number of ether oxygens (including phenoxy) is 3. The van der Waals surface area contributed by atoms with E-state index in [4.69, 9.17) is 14.2 Å². The first-order valence-electron chi connectivity index (χ1n) is 5.65. The molecule has 0 fully saturated rings. The van der Waals surface area contributed by atoms with Gasteiger partial charge < -0.3 is 14.2 Å². The van der Waals surface area contributed by atoms with Crippen molar-refractivity contribution >= 4 is 0 Å². The first kappa shape index (κ1) is 14.1. The molecule has 0 bridgehead atoms. The summed E-state index contributed by atoms with van der Waals surface area (Å²) < 4.78 is 15.8. The average molecular weight is 250 g/mol. The third-order valence-corrected chi connectivity index (χ3v) is 2.58. The van der Waals surface area contributed by atoms with E-state index in [0.29, 0.717) is 23.8 Å². The molecule has 0 saturated heterocycles. The number of methoxy groups -OCH3 is 3. The van der Waals surface area contributed by atoms with E-state index in [0.717, 1.165) is 5.56 Å². The van der Waals surface area contributed by atoms with Crippen LogP contribution in [0, 0.1) is 11.3 Å². The van der Waals surface area contributed by atoms with Gasteiger partial charge in [-0.3, -0.25) is 5.32 Å². The molecule has 1 aromatic carbocycles. The van der Waals surface area contributed by atoms with Gasteiger partial charge in [-0.25, -0.2) is 0 Å². The minimum Gasteiger partial charge on any atom is -0.493 e. The lowest BCUT2D eigenvalue weighted by Crippen LogP contribution is -2.20. The molecular weight excluding hydrogens is 232 g/mol. The predicted molar refractivity (Wildman–Crippen MR) is 68.1 cm³/mol. The summed E-state index contributed by atoms with van der Waals surface area (Å²) >= 11 is 0. The monoisotopic (exact) mass is 250 g/mol. The summed E-state index contributed by atoms with van der Waals surface area (Å²) in [4.78, 5) is 0. The molecule has 1 N–H and O–H groups in total. The van der Waals surface area contributed by atoms with Crippen LogP contribution in [0.5, 0.6) is 17.2 Å². The molecule has 18 heavy (non-hydrogen) atoms. The van der Waals surface area contributed by atoms with Crippen molar-refractivity contribution in [3.63, 3.8) is 0 Å². The Hall–Kier alpha value is -1.93. The Bertz CT molecular complexity index is 441. The first-order chi connectivity index (χ1) is 8.73. The quantitative estimate of drug-likeness (QED) is 0.835. The second-order valence-electron chi connectivity index (χ2n) is 3.54. The smallest absolute Gasteiger partial charge is 0.203 e. The second-order valence-corrected chi connectivity index (χ2v) is 3.54. The zero-order chi connectivity index (χ0) is 13.5. The summed E-state index contributed by atoms with van der Waals surface area (Å²) in [6.07, 6.45) is 0. The van der Waals surface area contributed by atoms with Crippen LogP contribution < -0.4 is 19.5 Å². The molecule has 0 saturated carbocycles. The van der Waals surface area contributed by atoms with Crippen molar-refractivity contribution in [3.05, 3.63) is 17.7 Å². The lowest BCUT2D eigenvalue weighted by molar-refractivity contribution is 0.321. The number of nitrogens with zero attached hydrogens (tertiary/aromatic N) is 1. The fraction of sp³-hybridized carbons (Fsp3) is 0.462. The minimum atomic E-state index is -0.440. The average Bonchev–Trinajstić information content (AvgIpc) is 2.42. The van der Waals surface area contributed by atoms with Crippen molar-refractivity contribution in [2.24, 2.45) is 0 Å². The number of benzene rings is 1. The molecule has 0 aliphatic carbocycles. The van der Waals surface area contributed by atoms with Gasteiger partial charge in [-0.05, 0) is 18.7 Å². The van der Waals surface area contributed by atoms with Gasteiger partial charge >= 0.3 is 0 Å². The highest BCUT2D eigenvalue weighted by Crippen LogP contribution is 2.41. The van der Waals surface area contributed by atoms with Gasteiger partial charge in [0.1, 0.15) is 6.04 Å².